The predicted molar refractivity (Wildman–Crippen MR) is 88.5 cm³/mol. The summed E-state index contributed by atoms with van der Waals surface area (Å²) in [5.41, 5.74) is 2.30. The lowest BCUT2D eigenvalue weighted by atomic mass is 10.1. The molecule has 0 aliphatic heterocycles. The summed E-state index contributed by atoms with van der Waals surface area (Å²) >= 11 is 1.30. The van der Waals surface area contributed by atoms with E-state index in [1.54, 1.807) is 16.7 Å². The average molecular weight is 326 g/mol. The van der Waals surface area contributed by atoms with E-state index in [1.807, 2.05) is 43.3 Å². The molecule has 0 bridgehead atoms. The zero-order valence-electron chi connectivity index (χ0n) is 12.4. The standard InChI is InChI=1S/C17H14N2O3S/c1-11-6-8-12(9-7-11)16(22)18-17-19(10-15(20)21)13-4-2-3-5-14(13)23-17/h2-9H,10H2,1H3,(H,20,21). The molecule has 3 rings (SSSR count). The number of aromatic nitrogens is 1. The second-order valence-corrected chi connectivity index (χ2v) is 6.12. The van der Waals surface area contributed by atoms with Gasteiger partial charge in [0.1, 0.15) is 6.54 Å². The van der Waals surface area contributed by atoms with Crippen molar-refractivity contribution in [3.05, 3.63) is 64.5 Å². The molecule has 5 nitrogen and oxygen atoms in total. The number of fused-ring (bicyclic) bond motifs is 1. The number of thiazole rings is 1. The molecule has 0 saturated heterocycles. The molecule has 6 heteroatoms. The molecule has 1 aromatic heterocycles. The van der Waals surface area contributed by atoms with Gasteiger partial charge in [-0.3, -0.25) is 9.59 Å². The van der Waals surface area contributed by atoms with Gasteiger partial charge in [0.2, 0.25) is 0 Å². The molecule has 0 spiro atoms. The van der Waals surface area contributed by atoms with Crippen LogP contribution in [0.2, 0.25) is 0 Å². The Hall–Kier alpha value is -2.73. The summed E-state index contributed by atoms with van der Waals surface area (Å²) in [7, 11) is 0. The lowest BCUT2D eigenvalue weighted by Gasteiger charge is -2.01. The highest BCUT2D eigenvalue weighted by molar-refractivity contribution is 7.16. The van der Waals surface area contributed by atoms with Crippen LogP contribution in [-0.4, -0.2) is 21.6 Å². The highest BCUT2D eigenvalue weighted by atomic mass is 32.1. The van der Waals surface area contributed by atoms with Gasteiger partial charge < -0.3 is 9.67 Å². The first kappa shape index (κ1) is 15.2. The van der Waals surface area contributed by atoms with Gasteiger partial charge in [0.05, 0.1) is 10.2 Å². The van der Waals surface area contributed by atoms with Gasteiger partial charge in [-0.05, 0) is 31.2 Å². The minimum Gasteiger partial charge on any atom is -0.480 e. The third-order valence-electron chi connectivity index (χ3n) is 3.38. The Morgan fingerprint density at radius 2 is 1.83 bits per heavy atom. The normalized spacial score (nSPS) is 11.8. The number of para-hydroxylation sites is 1. The van der Waals surface area contributed by atoms with E-state index < -0.39 is 5.97 Å². The van der Waals surface area contributed by atoms with E-state index in [2.05, 4.69) is 4.99 Å². The van der Waals surface area contributed by atoms with Crippen molar-refractivity contribution in [2.75, 3.05) is 0 Å². The van der Waals surface area contributed by atoms with Crippen LogP contribution in [-0.2, 0) is 11.3 Å². The zero-order valence-corrected chi connectivity index (χ0v) is 13.2. The SMILES string of the molecule is Cc1ccc(C(=O)N=c2sc3ccccc3n2CC(=O)O)cc1. The van der Waals surface area contributed by atoms with Crippen LogP contribution in [0.5, 0.6) is 0 Å². The van der Waals surface area contributed by atoms with Crippen LogP contribution in [0, 0.1) is 6.92 Å². The summed E-state index contributed by atoms with van der Waals surface area (Å²) in [5, 5.41) is 9.11. The first-order valence-electron chi connectivity index (χ1n) is 7.00. The van der Waals surface area contributed by atoms with Gasteiger partial charge >= 0.3 is 5.97 Å². The molecule has 116 valence electrons. The fraction of sp³-hybridized carbons (Fsp3) is 0.118. The second kappa shape index (κ2) is 6.18. The van der Waals surface area contributed by atoms with Crippen molar-refractivity contribution in [2.24, 2.45) is 4.99 Å². The Balaban J connectivity index is 2.12. The van der Waals surface area contributed by atoms with Gasteiger partial charge in [-0.1, -0.05) is 41.2 Å². The monoisotopic (exact) mass is 326 g/mol. The largest absolute Gasteiger partial charge is 0.480 e. The van der Waals surface area contributed by atoms with Crippen molar-refractivity contribution in [1.82, 2.24) is 4.57 Å². The molecule has 1 N–H and O–H groups in total. The quantitative estimate of drug-likeness (QED) is 0.804. The lowest BCUT2D eigenvalue weighted by Crippen LogP contribution is -2.21. The topological polar surface area (TPSA) is 71.7 Å². The van der Waals surface area contributed by atoms with Crippen LogP contribution in [0.4, 0.5) is 0 Å². The second-order valence-electron chi connectivity index (χ2n) is 5.12. The molecular weight excluding hydrogens is 312 g/mol. The maximum atomic E-state index is 12.3. The van der Waals surface area contributed by atoms with Gasteiger partial charge in [-0.2, -0.15) is 4.99 Å². The number of benzene rings is 2. The Labute approximate surface area is 136 Å². The first-order chi connectivity index (χ1) is 11.0. The molecule has 0 atom stereocenters. The molecule has 2 aromatic carbocycles. The molecule has 0 unspecified atom stereocenters. The summed E-state index contributed by atoms with van der Waals surface area (Å²) in [6.07, 6.45) is 0. The molecule has 0 saturated carbocycles. The van der Waals surface area contributed by atoms with Crippen molar-refractivity contribution >= 4 is 33.4 Å². The minimum absolute atomic E-state index is 0.232. The van der Waals surface area contributed by atoms with Gasteiger partial charge in [-0.15, -0.1) is 0 Å². The van der Waals surface area contributed by atoms with E-state index >= 15 is 0 Å². The zero-order chi connectivity index (χ0) is 16.4. The number of carboxylic acid groups (broad SMARTS) is 1. The fourth-order valence-corrected chi connectivity index (χ4v) is 3.27. The molecule has 0 aliphatic carbocycles. The molecule has 0 radical (unpaired) electrons. The van der Waals surface area contributed by atoms with Crippen molar-refractivity contribution < 1.29 is 14.7 Å². The van der Waals surface area contributed by atoms with Crippen LogP contribution in [0.15, 0.2) is 53.5 Å². The smallest absolute Gasteiger partial charge is 0.323 e. The van der Waals surface area contributed by atoms with Crippen LogP contribution >= 0.6 is 11.3 Å². The summed E-state index contributed by atoms with van der Waals surface area (Å²) < 4.78 is 2.44. The Morgan fingerprint density at radius 1 is 1.13 bits per heavy atom. The van der Waals surface area contributed by atoms with Gasteiger partial charge in [-0.25, -0.2) is 0 Å². The first-order valence-corrected chi connectivity index (χ1v) is 7.82. The van der Waals surface area contributed by atoms with E-state index in [4.69, 9.17) is 5.11 Å². The highest BCUT2D eigenvalue weighted by Gasteiger charge is 2.11. The third-order valence-corrected chi connectivity index (χ3v) is 4.44. The molecule has 23 heavy (non-hydrogen) atoms. The summed E-state index contributed by atoms with van der Waals surface area (Å²) in [5.74, 6) is -1.35. The molecule has 3 aromatic rings. The fourth-order valence-electron chi connectivity index (χ4n) is 2.24. The Kier molecular flexibility index (Phi) is 4.08. The van der Waals surface area contributed by atoms with Crippen LogP contribution in [0.25, 0.3) is 10.2 Å². The van der Waals surface area contributed by atoms with Gasteiger partial charge in [0.25, 0.3) is 5.91 Å². The van der Waals surface area contributed by atoms with Gasteiger partial charge in [0, 0.05) is 5.56 Å². The third kappa shape index (κ3) is 3.22. The number of aliphatic carboxylic acids is 1. The molecule has 0 aliphatic rings. The van der Waals surface area contributed by atoms with Crippen molar-refractivity contribution in [3.8, 4) is 0 Å². The number of amides is 1. The summed E-state index contributed by atoms with van der Waals surface area (Å²) in [4.78, 5) is 27.9. The number of aryl methyl sites for hydroxylation is 1. The number of carboxylic acids is 1. The Morgan fingerprint density at radius 3 is 2.52 bits per heavy atom. The van der Waals surface area contributed by atoms with E-state index in [1.165, 1.54) is 11.3 Å². The molecule has 1 heterocycles. The predicted octanol–water partition coefficient (Wildman–Crippen LogP) is 2.84. The van der Waals surface area contributed by atoms with Crippen molar-refractivity contribution in [3.63, 3.8) is 0 Å². The van der Waals surface area contributed by atoms with Crippen LogP contribution in [0.1, 0.15) is 15.9 Å². The number of nitrogens with zero attached hydrogens (tertiary/aromatic N) is 2. The maximum Gasteiger partial charge on any atom is 0.323 e. The van der Waals surface area contributed by atoms with E-state index in [-0.39, 0.29) is 12.5 Å². The van der Waals surface area contributed by atoms with Crippen LogP contribution < -0.4 is 4.80 Å². The summed E-state index contributed by atoms with van der Waals surface area (Å²) in [6, 6.07) is 14.5. The minimum atomic E-state index is -0.974. The summed E-state index contributed by atoms with van der Waals surface area (Å²) in [6.45, 7) is 1.71. The van der Waals surface area contributed by atoms with E-state index in [0.29, 0.717) is 10.4 Å². The number of carbonyl (C=O) groups excluding carboxylic acids is 1. The molecular formula is C17H14N2O3S. The van der Waals surface area contributed by atoms with Crippen molar-refractivity contribution in [2.45, 2.75) is 13.5 Å². The molecule has 0 fully saturated rings. The van der Waals surface area contributed by atoms with Crippen molar-refractivity contribution in [1.29, 1.82) is 0 Å². The highest BCUT2D eigenvalue weighted by Crippen LogP contribution is 2.16. The Bertz CT molecular complexity index is 952. The number of hydrogen-bond donors (Lipinski definition) is 1. The number of carbonyl (C=O) groups is 2. The van der Waals surface area contributed by atoms with E-state index in [0.717, 1.165) is 15.8 Å². The maximum absolute atomic E-state index is 12.3. The number of rotatable bonds is 3. The lowest BCUT2D eigenvalue weighted by molar-refractivity contribution is -0.137. The van der Waals surface area contributed by atoms with Gasteiger partial charge in [0.15, 0.2) is 4.80 Å². The average Bonchev–Trinajstić information content (AvgIpc) is 2.85. The number of hydrogen-bond acceptors (Lipinski definition) is 3. The molecule has 1 amide bonds. The van der Waals surface area contributed by atoms with Crippen LogP contribution in [0.3, 0.4) is 0 Å². The van der Waals surface area contributed by atoms with E-state index in [9.17, 15) is 9.59 Å².